The van der Waals surface area contributed by atoms with Gasteiger partial charge in [0.05, 0.1) is 6.33 Å². The zero-order valence-electron chi connectivity index (χ0n) is 9.71. The van der Waals surface area contributed by atoms with Crippen LogP contribution in [-0.2, 0) is 6.54 Å². The molecule has 3 rings (SSSR count). The van der Waals surface area contributed by atoms with Gasteiger partial charge < -0.3 is 4.57 Å². The summed E-state index contributed by atoms with van der Waals surface area (Å²) in [5.74, 6) is 0. The average Bonchev–Trinajstić information content (AvgIpc) is 2.81. The van der Waals surface area contributed by atoms with Gasteiger partial charge in [-0.25, -0.2) is 9.97 Å². The number of pyridine rings is 1. The molecule has 0 atom stereocenters. The predicted molar refractivity (Wildman–Crippen MR) is 69.2 cm³/mol. The third kappa shape index (κ3) is 1.73. The Morgan fingerprint density at radius 1 is 1.22 bits per heavy atom. The summed E-state index contributed by atoms with van der Waals surface area (Å²) >= 11 is 5.98. The Kier molecular flexibility index (Phi) is 2.68. The summed E-state index contributed by atoms with van der Waals surface area (Å²) in [6.07, 6.45) is 5.18. The predicted octanol–water partition coefficient (Wildman–Crippen LogP) is 2.56. The average molecular weight is 260 g/mol. The van der Waals surface area contributed by atoms with Crippen molar-refractivity contribution in [2.75, 3.05) is 0 Å². The second-order valence-electron chi connectivity index (χ2n) is 3.78. The summed E-state index contributed by atoms with van der Waals surface area (Å²) in [7, 11) is 0. The van der Waals surface area contributed by atoms with Gasteiger partial charge in [-0.2, -0.15) is 4.98 Å². The highest BCUT2D eigenvalue weighted by atomic mass is 35.5. The Hall–Kier alpha value is -2.01. The van der Waals surface area contributed by atoms with E-state index in [2.05, 4.69) is 19.9 Å². The highest BCUT2D eigenvalue weighted by molar-refractivity contribution is 6.28. The normalized spacial score (nSPS) is 11.0. The van der Waals surface area contributed by atoms with E-state index in [1.807, 2.05) is 23.6 Å². The van der Waals surface area contributed by atoms with E-state index in [9.17, 15) is 0 Å². The van der Waals surface area contributed by atoms with Crippen LogP contribution in [0, 0.1) is 0 Å². The molecule has 6 heteroatoms. The van der Waals surface area contributed by atoms with E-state index in [1.165, 1.54) is 0 Å². The van der Waals surface area contributed by atoms with Gasteiger partial charge in [0.2, 0.25) is 5.28 Å². The first-order valence-corrected chi connectivity index (χ1v) is 5.96. The third-order valence-corrected chi connectivity index (χ3v) is 2.90. The van der Waals surface area contributed by atoms with Gasteiger partial charge in [0, 0.05) is 24.5 Å². The highest BCUT2D eigenvalue weighted by Crippen LogP contribution is 2.25. The lowest BCUT2D eigenvalue weighted by atomic mass is 10.2. The second-order valence-corrected chi connectivity index (χ2v) is 4.12. The van der Waals surface area contributed by atoms with E-state index >= 15 is 0 Å². The standard InChI is InChI=1S/C12H10ClN5/c1-2-18-7-15-10-9(8-3-5-14-6-4-8)16-12(13)17-11(10)18/h3-7H,2H2,1H3. The van der Waals surface area contributed by atoms with Crippen LogP contribution in [0.1, 0.15) is 6.92 Å². The van der Waals surface area contributed by atoms with E-state index in [-0.39, 0.29) is 5.28 Å². The van der Waals surface area contributed by atoms with Gasteiger partial charge in [-0.05, 0) is 30.7 Å². The van der Waals surface area contributed by atoms with Crippen LogP contribution in [0.15, 0.2) is 30.9 Å². The fourth-order valence-corrected chi connectivity index (χ4v) is 2.02. The van der Waals surface area contributed by atoms with Gasteiger partial charge in [-0.15, -0.1) is 0 Å². The Morgan fingerprint density at radius 3 is 2.72 bits per heavy atom. The SMILES string of the molecule is CCn1cnc2c(-c3ccncc3)nc(Cl)nc21. The molecule has 3 aromatic heterocycles. The first-order chi connectivity index (χ1) is 8.79. The first-order valence-electron chi connectivity index (χ1n) is 5.58. The lowest BCUT2D eigenvalue weighted by Gasteiger charge is -2.03. The molecule has 0 bridgehead atoms. The molecular weight excluding hydrogens is 250 g/mol. The molecule has 18 heavy (non-hydrogen) atoms. The minimum Gasteiger partial charge on any atom is -0.315 e. The lowest BCUT2D eigenvalue weighted by Crippen LogP contribution is -1.96. The van der Waals surface area contributed by atoms with Crippen LogP contribution in [0.25, 0.3) is 22.4 Å². The maximum absolute atomic E-state index is 5.98. The second kappa shape index (κ2) is 4.34. The van der Waals surface area contributed by atoms with Crippen LogP contribution in [-0.4, -0.2) is 24.5 Å². The summed E-state index contributed by atoms with van der Waals surface area (Å²) in [5.41, 5.74) is 3.18. The third-order valence-electron chi connectivity index (χ3n) is 2.73. The molecule has 5 nitrogen and oxygen atoms in total. The molecule has 0 N–H and O–H groups in total. The van der Waals surface area contributed by atoms with E-state index in [0.29, 0.717) is 0 Å². The zero-order valence-corrected chi connectivity index (χ0v) is 10.5. The lowest BCUT2D eigenvalue weighted by molar-refractivity contribution is 0.777. The van der Waals surface area contributed by atoms with Crippen LogP contribution >= 0.6 is 11.6 Å². The Morgan fingerprint density at radius 2 is 2.00 bits per heavy atom. The minimum atomic E-state index is 0.226. The molecule has 0 unspecified atom stereocenters. The molecule has 90 valence electrons. The topological polar surface area (TPSA) is 56.5 Å². The molecule has 0 radical (unpaired) electrons. The number of nitrogens with zero attached hydrogens (tertiary/aromatic N) is 5. The molecule has 0 saturated heterocycles. The van der Waals surface area contributed by atoms with Gasteiger partial charge in [-0.3, -0.25) is 4.98 Å². The quantitative estimate of drug-likeness (QED) is 0.664. The molecule has 3 heterocycles. The van der Waals surface area contributed by atoms with Crippen molar-refractivity contribution in [1.29, 1.82) is 0 Å². The van der Waals surface area contributed by atoms with Crippen molar-refractivity contribution >= 4 is 22.8 Å². The molecule has 0 saturated carbocycles. The number of rotatable bonds is 2. The molecule has 0 spiro atoms. The molecule has 0 fully saturated rings. The smallest absolute Gasteiger partial charge is 0.225 e. The summed E-state index contributed by atoms with van der Waals surface area (Å²) in [5, 5.41) is 0.226. The van der Waals surface area contributed by atoms with Crippen molar-refractivity contribution in [2.45, 2.75) is 13.5 Å². The zero-order chi connectivity index (χ0) is 12.5. The maximum Gasteiger partial charge on any atom is 0.225 e. The summed E-state index contributed by atoms with van der Waals surface area (Å²) in [6.45, 7) is 2.82. The van der Waals surface area contributed by atoms with E-state index < -0.39 is 0 Å². The van der Waals surface area contributed by atoms with Crippen molar-refractivity contribution < 1.29 is 0 Å². The van der Waals surface area contributed by atoms with E-state index in [4.69, 9.17) is 11.6 Å². The number of aryl methyl sites for hydroxylation is 1. The van der Waals surface area contributed by atoms with Gasteiger partial charge >= 0.3 is 0 Å². The van der Waals surface area contributed by atoms with Gasteiger partial charge in [0.1, 0.15) is 11.2 Å². The molecule has 3 aromatic rings. The highest BCUT2D eigenvalue weighted by Gasteiger charge is 2.13. The van der Waals surface area contributed by atoms with Crippen molar-refractivity contribution in [3.05, 3.63) is 36.1 Å². The van der Waals surface area contributed by atoms with Gasteiger partial charge in [-0.1, -0.05) is 0 Å². The van der Waals surface area contributed by atoms with Crippen LogP contribution in [0.4, 0.5) is 0 Å². The van der Waals surface area contributed by atoms with Crippen LogP contribution < -0.4 is 0 Å². The summed E-state index contributed by atoms with van der Waals surface area (Å²) < 4.78 is 1.94. The fourth-order valence-electron chi connectivity index (χ4n) is 1.86. The number of aromatic nitrogens is 5. The largest absolute Gasteiger partial charge is 0.315 e. The fraction of sp³-hybridized carbons (Fsp3) is 0.167. The monoisotopic (exact) mass is 259 g/mol. The van der Waals surface area contributed by atoms with E-state index in [0.717, 1.165) is 29.0 Å². The molecule has 0 amide bonds. The van der Waals surface area contributed by atoms with E-state index in [1.54, 1.807) is 18.7 Å². The first kappa shape index (κ1) is 11.1. The molecule has 0 aliphatic carbocycles. The maximum atomic E-state index is 5.98. The van der Waals surface area contributed by atoms with Crippen molar-refractivity contribution in [1.82, 2.24) is 24.5 Å². The van der Waals surface area contributed by atoms with Crippen molar-refractivity contribution in [2.24, 2.45) is 0 Å². The Bertz CT molecular complexity index is 692. The molecule has 0 aromatic carbocycles. The molecular formula is C12H10ClN5. The van der Waals surface area contributed by atoms with Crippen LogP contribution in [0.3, 0.4) is 0 Å². The molecule has 0 aliphatic rings. The van der Waals surface area contributed by atoms with Gasteiger partial charge in [0.15, 0.2) is 5.65 Å². The van der Waals surface area contributed by atoms with Crippen LogP contribution in [0.2, 0.25) is 5.28 Å². The number of hydrogen-bond acceptors (Lipinski definition) is 4. The van der Waals surface area contributed by atoms with Crippen molar-refractivity contribution in [3.8, 4) is 11.3 Å². The van der Waals surface area contributed by atoms with Gasteiger partial charge in [0.25, 0.3) is 0 Å². The minimum absolute atomic E-state index is 0.226. The Balaban J connectivity index is 2.32. The number of imidazole rings is 1. The molecule has 0 aliphatic heterocycles. The summed E-state index contributed by atoms with van der Waals surface area (Å²) in [6, 6.07) is 3.76. The summed E-state index contributed by atoms with van der Waals surface area (Å²) in [4.78, 5) is 16.9. The van der Waals surface area contributed by atoms with Crippen molar-refractivity contribution in [3.63, 3.8) is 0 Å². The van der Waals surface area contributed by atoms with Crippen LogP contribution in [0.5, 0.6) is 0 Å². The Labute approximate surface area is 109 Å². The number of halogens is 1. The number of fused-ring (bicyclic) bond motifs is 1. The number of hydrogen-bond donors (Lipinski definition) is 0.